The predicted molar refractivity (Wildman–Crippen MR) is 116 cm³/mol. The number of hydrogen-bond acceptors (Lipinski definition) is 4. The Bertz CT molecular complexity index is 1060. The van der Waals surface area contributed by atoms with Crippen LogP contribution < -0.4 is 14.9 Å². The van der Waals surface area contributed by atoms with Gasteiger partial charge in [-0.05, 0) is 50.6 Å². The summed E-state index contributed by atoms with van der Waals surface area (Å²) in [6, 6.07) is 13.1. The van der Waals surface area contributed by atoms with Crippen LogP contribution in [0.25, 0.3) is 10.9 Å². The van der Waals surface area contributed by atoms with Crippen molar-refractivity contribution in [3.8, 4) is 11.5 Å². The third kappa shape index (κ3) is 4.71. The Morgan fingerprint density at radius 3 is 2.72 bits per heavy atom. The van der Waals surface area contributed by atoms with Crippen molar-refractivity contribution < 1.29 is 14.3 Å². The fourth-order valence-corrected chi connectivity index (χ4v) is 3.27. The maximum absolute atomic E-state index is 12.5. The lowest BCUT2D eigenvalue weighted by Gasteiger charge is -2.16. The van der Waals surface area contributed by atoms with Gasteiger partial charge in [-0.15, -0.1) is 0 Å². The van der Waals surface area contributed by atoms with Crippen LogP contribution in [0, 0.1) is 0 Å². The van der Waals surface area contributed by atoms with Crippen LogP contribution in [-0.4, -0.2) is 29.4 Å². The van der Waals surface area contributed by atoms with Crippen LogP contribution in [0.15, 0.2) is 47.6 Å². The van der Waals surface area contributed by atoms with E-state index in [0.29, 0.717) is 34.4 Å². The molecule has 0 aliphatic carbocycles. The van der Waals surface area contributed by atoms with Gasteiger partial charge >= 0.3 is 0 Å². The number of nitrogens with one attached hydrogen (secondary N) is 1. The molecule has 1 heterocycles. The van der Waals surface area contributed by atoms with E-state index in [2.05, 4.69) is 10.5 Å². The van der Waals surface area contributed by atoms with Crippen LogP contribution in [0.4, 0.5) is 0 Å². The molecule has 0 atom stereocenters. The molecule has 0 radical (unpaired) electrons. The van der Waals surface area contributed by atoms with E-state index in [4.69, 9.17) is 21.1 Å². The minimum Gasteiger partial charge on any atom is -0.490 e. The van der Waals surface area contributed by atoms with E-state index in [1.807, 2.05) is 62.7 Å². The molecule has 0 bridgehead atoms. The number of carbonyl (C=O) groups is 1. The fourth-order valence-electron chi connectivity index (χ4n) is 3.00. The lowest BCUT2D eigenvalue weighted by Crippen LogP contribution is -2.20. The van der Waals surface area contributed by atoms with Gasteiger partial charge in [0.15, 0.2) is 11.5 Å². The average molecular weight is 414 g/mol. The number of carbonyl (C=O) groups excluding carboxylic acids is 1. The molecule has 1 aromatic heterocycles. The Labute approximate surface area is 175 Å². The van der Waals surface area contributed by atoms with E-state index >= 15 is 0 Å². The molecule has 7 heteroatoms. The number of aryl methyl sites for hydroxylation is 1. The van der Waals surface area contributed by atoms with Crippen molar-refractivity contribution in [3.63, 3.8) is 0 Å². The van der Waals surface area contributed by atoms with Gasteiger partial charge in [-0.25, -0.2) is 5.43 Å². The van der Waals surface area contributed by atoms with Crippen LogP contribution in [-0.2, 0) is 7.05 Å². The highest BCUT2D eigenvalue weighted by atomic mass is 35.5. The van der Waals surface area contributed by atoms with E-state index in [0.717, 1.165) is 10.9 Å². The summed E-state index contributed by atoms with van der Waals surface area (Å²) < 4.78 is 13.2. The predicted octanol–water partition coefficient (Wildman–Crippen LogP) is 4.78. The third-order valence-corrected chi connectivity index (χ3v) is 4.53. The van der Waals surface area contributed by atoms with Gasteiger partial charge in [-0.2, -0.15) is 5.10 Å². The maximum Gasteiger partial charge on any atom is 0.287 e. The van der Waals surface area contributed by atoms with E-state index in [9.17, 15) is 4.79 Å². The summed E-state index contributed by atoms with van der Waals surface area (Å²) in [5.41, 5.74) is 4.76. The van der Waals surface area contributed by atoms with E-state index in [1.165, 1.54) is 6.21 Å². The largest absolute Gasteiger partial charge is 0.490 e. The second-order valence-electron chi connectivity index (χ2n) is 6.78. The number of rotatable bonds is 7. The first-order valence-corrected chi connectivity index (χ1v) is 9.79. The van der Waals surface area contributed by atoms with E-state index in [1.54, 1.807) is 12.1 Å². The summed E-state index contributed by atoms with van der Waals surface area (Å²) in [7, 11) is 1.85. The minimum atomic E-state index is -0.296. The number of halogens is 1. The zero-order chi connectivity index (χ0) is 21.0. The first-order chi connectivity index (χ1) is 13.9. The van der Waals surface area contributed by atoms with Crippen molar-refractivity contribution in [2.75, 3.05) is 6.61 Å². The van der Waals surface area contributed by atoms with Gasteiger partial charge in [0.25, 0.3) is 5.91 Å². The van der Waals surface area contributed by atoms with Gasteiger partial charge in [0, 0.05) is 18.0 Å². The molecule has 2 aromatic carbocycles. The molecule has 0 unspecified atom stereocenters. The van der Waals surface area contributed by atoms with Crippen LogP contribution in [0.3, 0.4) is 0 Å². The van der Waals surface area contributed by atoms with Crippen LogP contribution in [0.5, 0.6) is 11.5 Å². The zero-order valence-electron chi connectivity index (χ0n) is 16.9. The number of hydrogen-bond donors (Lipinski definition) is 1. The summed E-state index contributed by atoms with van der Waals surface area (Å²) in [5.74, 6) is 0.742. The molecule has 3 aromatic rings. The van der Waals surface area contributed by atoms with Crippen molar-refractivity contribution in [2.24, 2.45) is 12.1 Å². The minimum absolute atomic E-state index is 0.0358. The summed E-state index contributed by atoms with van der Waals surface area (Å²) in [6.07, 6.45) is 1.49. The number of para-hydroxylation sites is 1. The maximum atomic E-state index is 12.5. The Hall–Kier alpha value is -2.99. The Kier molecular flexibility index (Phi) is 6.44. The monoisotopic (exact) mass is 413 g/mol. The topological polar surface area (TPSA) is 64.8 Å². The molecule has 0 saturated carbocycles. The van der Waals surface area contributed by atoms with Gasteiger partial charge in [0.05, 0.1) is 23.9 Å². The van der Waals surface area contributed by atoms with Crippen LogP contribution in [0.1, 0.15) is 36.8 Å². The molecular formula is C22H24ClN3O3. The lowest BCUT2D eigenvalue weighted by atomic mass is 10.2. The first kappa shape index (κ1) is 20.7. The van der Waals surface area contributed by atoms with Crippen LogP contribution in [0.2, 0.25) is 5.02 Å². The summed E-state index contributed by atoms with van der Waals surface area (Å²) in [6.45, 7) is 6.20. The van der Waals surface area contributed by atoms with Gasteiger partial charge in [-0.1, -0.05) is 29.8 Å². The second-order valence-corrected chi connectivity index (χ2v) is 7.18. The standard InChI is InChI=1S/C22H24ClN3O3/c1-5-28-20-11-15(10-17(23)21(20)29-14(2)3)13-24-25-22(27)19-12-16-8-6-7-9-18(16)26(19)4/h6-14H,5H2,1-4H3,(H,25,27)/b24-13+. The Morgan fingerprint density at radius 1 is 1.28 bits per heavy atom. The molecule has 6 nitrogen and oxygen atoms in total. The zero-order valence-corrected chi connectivity index (χ0v) is 17.7. The molecule has 0 fully saturated rings. The average Bonchev–Trinajstić information content (AvgIpc) is 3.01. The highest BCUT2D eigenvalue weighted by Crippen LogP contribution is 2.37. The lowest BCUT2D eigenvalue weighted by molar-refractivity contribution is 0.0947. The molecule has 1 amide bonds. The number of ether oxygens (including phenoxy) is 2. The molecule has 29 heavy (non-hydrogen) atoms. The molecular weight excluding hydrogens is 390 g/mol. The Morgan fingerprint density at radius 2 is 2.03 bits per heavy atom. The normalized spacial score (nSPS) is 11.4. The third-order valence-electron chi connectivity index (χ3n) is 4.25. The van der Waals surface area contributed by atoms with Gasteiger partial charge in [0.2, 0.25) is 0 Å². The number of aromatic nitrogens is 1. The molecule has 0 aliphatic rings. The first-order valence-electron chi connectivity index (χ1n) is 9.41. The molecule has 3 rings (SSSR count). The number of nitrogens with zero attached hydrogens (tertiary/aromatic N) is 2. The highest BCUT2D eigenvalue weighted by Gasteiger charge is 2.14. The highest BCUT2D eigenvalue weighted by molar-refractivity contribution is 6.32. The number of benzene rings is 2. The van der Waals surface area contributed by atoms with Crippen molar-refractivity contribution >= 4 is 34.6 Å². The summed E-state index contributed by atoms with van der Waals surface area (Å²) >= 11 is 6.36. The number of amides is 1. The van der Waals surface area contributed by atoms with Crippen molar-refractivity contribution in [3.05, 3.63) is 58.7 Å². The van der Waals surface area contributed by atoms with Crippen LogP contribution >= 0.6 is 11.6 Å². The molecule has 0 saturated heterocycles. The number of fused-ring (bicyclic) bond motifs is 1. The smallest absolute Gasteiger partial charge is 0.287 e. The Balaban J connectivity index is 1.78. The van der Waals surface area contributed by atoms with Crippen molar-refractivity contribution in [1.82, 2.24) is 9.99 Å². The quantitative estimate of drug-likeness (QED) is 0.447. The molecule has 1 N–H and O–H groups in total. The van der Waals surface area contributed by atoms with Crippen molar-refractivity contribution in [1.29, 1.82) is 0 Å². The van der Waals surface area contributed by atoms with E-state index in [-0.39, 0.29) is 12.0 Å². The molecule has 0 aliphatic heterocycles. The number of hydrazone groups is 1. The molecule has 0 spiro atoms. The second kappa shape index (κ2) is 9.01. The van der Waals surface area contributed by atoms with Gasteiger partial charge < -0.3 is 14.0 Å². The summed E-state index contributed by atoms with van der Waals surface area (Å²) in [4.78, 5) is 12.5. The van der Waals surface area contributed by atoms with Gasteiger partial charge in [0.1, 0.15) is 5.69 Å². The SMILES string of the molecule is CCOc1cc(/C=N/NC(=O)c2cc3ccccc3n2C)cc(Cl)c1OC(C)C. The molecule has 152 valence electrons. The summed E-state index contributed by atoms with van der Waals surface area (Å²) in [5, 5.41) is 5.49. The van der Waals surface area contributed by atoms with Gasteiger partial charge in [-0.3, -0.25) is 4.79 Å². The van der Waals surface area contributed by atoms with E-state index < -0.39 is 0 Å². The van der Waals surface area contributed by atoms with Crippen molar-refractivity contribution in [2.45, 2.75) is 26.9 Å². The fraction of sp³-hybridized carbons (Fsp3) is 0.273.